The van der Waals surface area contributed by atoms with Gasteiger partial charge in [0.1, 0.15) is 5.69 Å². The Labute approximate surface area is 156 Å². The lowest BCUT2D eigenvalue weighted by atomic mass is 10.1. The van der Waals surface area contributed by atoms with Crippen molar-refractivity contribution in [3.05, 3.63) is 71.4 Å². The van der Waals surface area contributed by atoms with Crippen LogP contribution in [0, 0.1) is 0 Å². The molecule has 2 aromatic heterocycles. The molecule has 1 aliphatic rings. The Morgan fingerprint density at radius 1 is 1.00 bits per heavy atom. The highest BCUT2D eigenvalue weighted by Gasteiger charge is 2.40. The summed E-state index contributed by atoms with van der Waals surface area (Å²) in [7, 11) is 0. The van der Waals surface area contributed by atoms with Crippen molar-refractivity contribution in [3.8, 4) is 5.82 Å². The Bertz CT molecular complexity index is 1060. The van der Waals surface area contributed by atoms with Crippen LogP contribution >= 0.6 is 0 Å². The van der Waals surface area contributed by atoms with Gasteiger partial charge in [-0.3, -0.25) is 19.5 Å². The van der Waals surface area contributed by atoms with E-state index in [0.29, 0.717) is 6.20 Å². The van der Waals surface area contributed by atoms with Crippen LogP contribution in [0.3, 0.4) is 0 Å². The van der Waals surface area contributed by atoms with E-state index in [4.69, 9.17) is 0 Å². The maximum atomic E-state index is 12.9. The lowest BCUT2D eigenvalue weighted by Gasteiger charge is -2.23. The number of rotatable bonds is 3. The van der Waals surface area contributed by atoms with Gasteiger partial charge >= 0.3 is 6.18 Å². The summed E-state index contributed by atoms with van der Waals surface area (Å²) in [5, 5.41) is 3.71. The average Bonchev–Trinajstić information content (AvgIpc) is 3.26. The van der Waals surface area contributed by atoms with Crippen molar-refractivity contribution in [3.63, 3.8) is 0 Å². The second-order valence-corrected chi connectivity index (χ2v) is 6.14. The van der Waals surface area contributed by atoms with Gasteiger partial charge in [-0.25, -0.2) is 9.67 Å². The van der Waals surface area contributed by atoms with E-state index in [0.717, 1.165) is 15.8 Å². The van der Waals surface area contributed by atoms with Crippen LogP contribution < -0.4 is 0 Å². The highest BCUT2D eigenvalue weighted by molar-refractivity contribution is 6.21. The number of hydrogen-bond donors (Lipinski definition) is 0. The van der Waals surface area contributed by atoms with Gasteiger partial charge in [0.2, 0.25) is 0 Å². The fourth-order valence-corrected chi connectivity index (χ4v) is 3.08. The first-order chi connectivity index (χ1) is 13.3. The van der Waals surface area contributed by atoms with Crippen LogP contribution in [0.4, 0.5) is 13.2 Å². The van der Waals surface area contributed by atoms with Crippen molar-refractivity contribution >= 4 is 11.8 Å². The van der Waals surface area contributed by atoms with E-state index in [1.807, 2.05) is 0 Å². The quantitative estimate of drug-likeness (QED) is 0.646. The molecule has 0 saturated heterocycles. The van der Waals surface area contributed by atoms with E-state index < -0.39 is 29.6 Å². The van der Waals surface area contributed by atoms with Gasteiger partial charge in [0.25, 0.3) is 11.8 Å². The van der Waals surface area contributed by atoms with Crippen molar-refractivity contribution in [1.82, 2.24) is 24.6 Å². The lowest BCUT2D eigenvalue weighted by Crippen LogP contribution is -2.33. The molecule has 1 aromatic carbocycles. The van der Waals surface area contributed by atoms with E-state index in [9.17, 15) is 22.8 Å². The van der Waals surface area contributed by atoms with E-state index in [1.54, 1.807) is 31.2 Å². The first-order valence-electron chi connectivity index (χ1n) is 8.19. The fraction of sp³-hybridized carbons (Fsp3) is 0.167. The van der Waals surface area contributed by atoms with Crippen molar-refractivity contribution in [2.24, 2.45) is 0 Å². The molecule has 3 aromatic rings. The van der Waals surface area contributed by atoms with E-state index in [1.165, 1.54) is 12.4 Å². The predicted molar refractivity (Wildman–Crippen MR) is 89.5 cm³/mol. The van der Waals surface area contributed by atoms with Crippen LogP contribution in [0.5, 0.6) is 0 Å². The van der Waals surface area contributed by atoms with Crippen LogP contribution in [0.25, 0.3) is 5.82 Å². The average molecular weight is 387 g/mol. The normalized spacial score (nSPS) is 15.1. The first kappa shape index (κ1) is 17.8. The molecule has 7 nitrogen and oxygen atoms in total. The molecule has 10 heteroatoms. The molecular formula is C18H12F3N5O2. The Hall–Kier alpha value is -3.56. The number of carbonyl (C=O) groups is 2. The van der Waals surface area contributed by atoms with Gasteiger partial charge in [-0.2, -0.15) is 18.3 Å². The van der Waals surface area contributed by atoms with Gasteiger partial charge in [0.05, 0.1) is 28.9 Å². The fourth-order valence-electron chi connectivity index (χ4n) is 3.08. The summed E-state index contributed by atoms with van der Waals surface area (Å²) >= 11 is 0. The third-order valence-electron chi connectivity index (χ3n) is 4.44. The molecule has 0 saturated carbocycles. The monoisotopic (exact) mass is 387 g/mol. The van der Waals surface area contributed by atoms with Crippen molar-refractivity contribution < 1.29 is 22.8 Å². The molecule has 28 heavy (non-hydrogen) atoms. The first-order valence-corrected chi connectivity index (χ1v) is 8.19. The maximum Gasteiger partial charge on any atom is 0.419 e. The van der Waals surface area contributed by atoms with Gasteiger partial charge in [0.15, 0.2) is 5.82 Å². The molecule has 1 atom stereocenters. The summed E-state index contributed by atoms with van der Waals surface area (Å²) in [5.74, 6) is -0.996. The smallest absolute Gasteiger partial charge is 0.269 e. The molecule has 0 aliphatic carbocycles. The van der Waals surface area contributed by atoms with Gasteiger partial charge < -0.3 is 0 Å². The SMILES string of the molecule is CC(c1nccnc1-n1cc(C(F)(F)F)cn1)N1C(=O)c2ccccc2C1=O. The summed E-state index contributed by atoms with van der Waals surface area (Å²) in [6.07, 6.45) is -0.479. The molecule has 1 aliphatic heterocycles. The minimum Gasteiger partial charge on any atom is -0.269 e. The molecule has 0 bridgehead atoms. The molecule has 1 unspecified atom stereocenters. The number of benzene rings is 1. The summed E-state index contributed by atoms with van der Waals surface area (Å²) in [6, 6.07) is 5.52. The molecule has 0 spiro atoms. The van der Waals surface area contributed by atoms with Gasteiger partial charge in [-0.1, -0.05) is 12.1 Å². The van der Waals surface area contributed by atoms with Crippen LogP contribution in [0.1, 0.15) is 44.9 Å². The minimum absolute atomic E-state index is 0.00190. The van der Waals surface area contributed by atoms with E-state index in [-0.39, 0.29) is 22.6 Å². The molecule has 0 fully saturated rings. The van der Waals surface area contributed by atoms with E-state index in [2.05, 4.69) is 15.1 Å². The van der Waals surface area contributed by atoms with Crippen LogP contribution in [-0.4, -0.2) is 36.5 Å². The number of halogens is 3. The number of fused-ring (bicyclic) bond motifs is 1. The van der Waals surface area contributed by atoms with Crippen molar-refractivity contribution in [2.75, 3.05) is 0 Å². The maximum absolute atomic E-state index is 12.9. The number of imide groups is 1. The van der Waals surface area contributed by atoms with Crippen LogP contribution in [-0.2, 0) is 6.18 Å². The van der Waals surface area contributed by atoms with Gasteiger partial charge in [-0.05, 0) is 19.1 Å². The zero-order valence-electron chi connectivity index (χ0n) is 14.4. The zero-order valence-corrected chi connectivity index (χ0v) is 14.4. The molecule has 2 amide bonds. The Morgan fingerprint density at radius 2 is 1.61 bits per heavy atom. The Morgan fingerprint density at radius 3 is 2.18 bits per heavy atom. The van der Waals surface area contributed by atoms with Gasteiger partial charge in [-0.15, -0.1) is 0 Å². The zero-order chi connectivity index (χ0) is 20.1. The molecule has 4 rings (SSSR count). The second kappa shape index (κ2) is 6.25. The number of hydrogen-bond acceptors (Lipinski definition) is 5. The summed E-state index contributed by atoms with van der Waals surface area (Å²) < 4.78 is 39.6. The van der Waals surface area contributed by atoms with Gasteiger partial charge in [0, 0.05) is 18.6 Å². The number of alkyl halides is 3. The largest absolute Gasteiger partial charge is 0.419 e. The molecule has 142 valence electrons. The number of amides is 2. The summed E-state index contributed by atoms with van der Waals surface area (Å²) in [4.78, 5) is 34.6. The highest BCUT2D eigenvalue weighted by Crippen LogP contribution is 2.33. The predicted octanol–water partition coefficient (Wildman–Crippen LogP) is 3.04. The molecule has 0 radical (unpaired) electrons. The Balaban J connectivity index is 1.74. The second-order valence-electron chi connectivity index (χ2n) is 6.14. The number of carbonyl (C=O) groups excluding carboxylic acids is 2. The van der Waals surface area contributed by atoms with Crippen LogP contribution in [0.2, 0.25) is 0 Å². The molecular weight excluding hydrogens is 375 g/mol. The van der Waals surface area contributed by atoms with Crippen molar-refractivity contribution in [1.29, 1.82) is 0 Å². The molecule has 3 heterocycles. The third-order valence-corrected chi connectivity index (χ3v) is 4.44. The summed E-state index contributed by atoms with van der Waals surface area (Å²) in [5.41, 5.74) is -0.266. The lowest BCUT2D eigenvalue weighted by molar-refractivity contribution is -0.137. The van der Waals surface area contributed by atoms with Crippen molar-refractivity contribution in [2.45, 2.75) is 19.1 Å². The third kappa shape index (κ3) is 2.73. The standard InChI is InChI=1S/C18H12F3N5O2/c1-10(26-16(27)12-4-2-3-5-13(12)17(26)28)14-15(23-7-6-22-14)25-9-11(8-24-25)18(19,20)21/h2-10H,1H3. The Kier molecular flexibility index (Phi) is 3.98. The number of nitrogens with zero attached hydrogens (tertiary/aromatic N) is 5. The molecule has 0 N–H and O–H groups in total. The van der Waals surface area contributed by atoms with E-state index >= 15 is 0 Å². The summed E-state index contributed by atoms with van der Waals surface area (Å²) in [6.45, 7) is 1.56. The highest BCUT2D eigenvalue weighted by atomic mass is 19.4. The minimum atomic E-state index is -4.56. The topological polar surface area (TPSA) is 81.0 Å². The number of aromatic nitrogens is 4. The van der Waals surface area contributed by atoms with Crippen LogP contribution in [0.15, 0.2) is 49.1 Å².